The van der Waals surface area contributed by atoms with E-state index in [1.165, 1.54) is 18.3 Å². The molecule has 200 valence electrons. The van der Waals surface area contributed by atoms with Gasteiger partial charge in [-0.3, -0.25) is 9.98 Å². The number of carbonyl (C=O) groups is 1. The van der Waals surface area contributed by atoms with Crippen LogP contribution in [-0.4, -0.2) is 29.8 Å². The fourth-order valence-corrected chi connectivity index (χ4v) is 5.06. The molecule has 0 bridgehead atoms. The fourth-order valence-electron chi connectivity index (χ4n) is 4.95. The van der Waals surface area contributed by atoms with Gasteiger partial charge >= 0.3 is 12.2 Å². The monoisotopic (exact) mass is 546 g/mol. The van der Waals surface area contributed by atoms with Crippen LogP contribution in [-0.2, 0) is 18.1 Å². The number of amides is 2. The van der Waals surface area contributed by atoms with Crippen molar-refractivity contribution in [3.05, 3.63) is 100 Å². The molecular weight excluding hydrogens is 520 g/mol. The summed E-state index contributed by atoms with van der Waals surface area (Å²) < 4.78 is 56.0. The van der Waals surface area contributed by atoms with Crippen LogP contribution in [0.25, 0.3) is 0 Å². The van der Waals surface area contributed by atoms with E-state index in [9.17, 15) is 22.4 Å². The Bertz CT molecular complexity index is 1270. The number of alkyl halides is 3. The van der Waals surface area contributed by atoms with Crippen molar-refractivity contribution < 1.29 is 22.4 Å². The van der Waals surface area contributed by atoms with Gasteiger partial charge in [-0.05, 0) is 61.0 Å². The van der Waals surface area contributed by atoms with E-state index in [0.717, 1.165) is 31.4 Å². The molecule has 1 aromatic heterocycles. The number of hydrogen-bond acceptors (Lipinski definition) is 3. The van der Waals surface area contributed by atoms with E-state index in [1.54, 1.807) is 30.3 Å². The quantitative estimate of drug-likeness (QED) is 0.256. The first-order chi connectivity index (χ1) is 18.1. The van der Waals surface area contributed by atoms with Gasteiger partial charge in [0.05, 0.1) is 28.4 Å². The van der Waals surface area contributed by atoms with Crippen molar-refractivity contribution >= 4 is 24.3 Å². The molecular formula is C28H27ClF4N4O. The maximum atomic E-state index is 14.7. The van der Waals surface area contributed by atoms with Gasteiger partial charge in [0, 0.05) is 12.6 Å². The Balaban J connectivity index is 1.86. The predicted octanol–water partition coefficient (Wildman–Crippen LogP) is 6.69. The lowest BCUT2D eigenvalue weighted by molar-refractivity contribution is -0.137. The summed E-state index contributed by atoms with van der Waals surface area (Å²) in [5, 5.41) is 6.09. The number of pyridine rings is 1. The Morgan fingerprint density at radius 2 is 1.76 bits per heavy atom. The first-order valence-corrected chi connectivity index (χ1v) is 12.6. The number of urea groups is 1. The zero-order chi connectivity index (χ0) is 27.3. The van der Waals surface area contributed by atoms with E-state index in [2.05, 4.69) is 27.3 Å². The van der Waals surface area contributed by atoms with Crippen LogP contribution in [0.3, 0.4) is 0 Å². The molecule has 5 nitrogen and oxygen atoms in total. The van der Waals surface area contributed by atoms with Crippen LogP contribution in [0.1, 0.15) is 48.1 Å². The van der Waals surface area contributed by atoms with Gasteiger partial charge in [-0.15, -0.1) is 0 Å². The number of aliphatic imine (C=N–C) groups is 1. The molecule has 2 N–H and O–H groups in total. The molecule has 1 aliphatic carbocycles. The summed E-state index contributed by atoms with van der Waals surface area (Å²) in [6.07, 6.45) is -0.190. The lowest BCUT2D eigenvalue weighted by Crippen LogP contribution is -2.56. The maximum absolute atomic E-state index is 14.7. The number of rotatable bonds is 7. The molecule has 0 radical (unpaired) electrons. The van der Waals surface area contributed by atoms with E-state index >= 15 is 0 Å². The molecule has 1 saturated carbocycles. The molecule has 0 saturated heterocycles. The Morgan fingerprint density at radius 1 is 1.05 bits per heavy atom. The molecule has 3 atom stereocenters. The number of nitrogens with one attached hydrogen (secondary N) is 2. The third-order valence-electron chi connectivity index (χ3n) is 6.80. The van der Waals surface area contributed by atoms with Crippen LogP contribution in [0.5, 0.6) is 0 Å². The minimum Gasteiger partial charge on any atom is -0.333 e. The molecule has 1 aliphatic rings. The van der Waals surface area contributed by atoms with E-state index in [4.69, 9.17) is 11.6 Å². The van der Waals surface area contributed by atoms with Crippen molar-refractivity contribution in [2.24, 2.45) is 4.99 Å². The highest BCUT2D eigenvalue weighted by Crippen LogP contribution is 2.38. The van der Waals surface area contributed by atoms with Crippen LogP contribution >= 0.6 is 11.6 Å². The van der Waals surface area contributed by atoms with E-state index in [-0.39, 0.29) is 29.8 Å². The van der Waals surface area contributed by atoms with E-state index in [0.29, 0.717) is 23.1 Å². The Hall–Kier alpha value is -3.46. The third kappa shape index (κ3) is 6.32. The zero-order valence-electron chi connectivity index (χ0n) is 20.4. The third-order valence-corrected chi connectivity index (χ3v) is 7.03. The van der Waals surface area contributed by atoms with Gasteiger partial charge in [0.15, 0.2) is 0 Å². The van der Waals surface area contributed by atoms with Crippen molar-refractivity contribution in [2.45, 2.75) is 55.9 Å². The summed E-state index contributed by atoms with van der Waals surface area (Å²) in [5.74, 6) is -1.09. The molecule has 1 heterocycles. The molecule has 0 aliphatic heterocycles. The number of benzene rings is 2. The first kappa shape index (κ1) is 27.6. The number of hydrogen-bond donors (Lipinski definition) is 2. The number of aromatic nitrogens is 1. The van der Waals surface area contributed by atoms with Gasteiger partial charge in [-0.1, -0.05) is 54.8 Å². The van der Waals surface area contributed by atoms with Gasteiger partial charge in [-0.25, -0.2) is 9.18 Å². The van der Waals surface area contributed by atoms with E-state index < -0.39 is 29.1 Å². The van der Waals surface area contributed by atoms with Gasteiger partial charge in [-0.2, -0.15) is 13.2 Å². The number of carbonyl (C=O) groups excluding carboxylic acids is 1. The van der Waals surface area contributed by atoms with Crippen molar-refractivity contribution in [1.82, 2.24) is 15.6 Å². The van der Waals surface area contributed by atoms with Crippen LogP contribution < -0.4 is 10.6 Å². The van der Waals surface area contributed by atoms with Crippen molar-refractivity contribution in [1.29, 1.82) is 0 Å². The van der Waals surface area contributed by atoms with Gasteiger partial charge in [0.2, 0.25) is 0 Å². The van der Waals surface area contributed by atoms with Crippen LogP contribution in [0.15, 0.2) is 71.9 Å². The summed E-state index contributed by atoms with van der Waals surface area (Å²) in [7, 11) is 0. The van der Waals surface area contributed by atoms with Gasteiger partial charge < -0.3 is 10.6 Å². The average Bonchev–Trinajstić information content (AvgIpc) is 2.88. The Kier molecular flexibility index (Phi) is 8.35. The molecule has 4 rings (SSSR count). The standard InChI is InChI=1S/C28H27ClF4N4O/c1-34-23-9-5-6-10-24(23)36-26(38)37-27(16-18-7-3-2-4-8-18,25-12-11-21(29)17-35-25)19-13-20(28(31,32)33)15-22(30)14-19/h2-4,7-8,11-15,17,23-24H,1,5-6,9-10,16H2,(H2,36,37,38)/t23-,24-,27-/m1/s1. The maximum Gasteiger partial charge on any atom is 0.416 e. The largest absolute Gasteiger partial charge is 0.416 e. The SMILES string of the molecule is C=N[C@@H]1CCCC[C@H]1NC(=O)N[C@](Cc1ccccc1)(c1cc(F)cc(C(F)(F)F)c1)c1ccc(Cl)cn1. The molecule has 38 heavy (non-hydrogen) atoms. The summed E-state index contributed by atoms with van der Waals surface area (Å²) in [6, 6.07) is 13.0. The van der Waals surface area contributed by atoms with Gasteiger partial charge in [0.25, 0.3) is 0 Å². The highest BCUT2D eigenvalue weighted by Gasteiger charge is 2.41. The predicted molar refractivity (Wildman–Crippen MR) is 139 cm³/mol. The molecule has 1 fully saturated rings. The van der Waals surface area contributed by atoms with E-state index in [1.807, 2.05) is 0 Å². The summed E-state index contributed by atoms with van der Waals surface area (Å²) in [5.41, 5.74) is -2.08. The summed E-state index contributed by atoms with van der Waals surface area (Å²) >= 11 is 6.06. The second-order valence-corrected chi connectivity index (χ2v) is 9.83. The lowest BCUT2D eigenvalue weighted by Gasteiger charge is -2.37. The minimum atomic E-state index is -4.81. The molecule has 10 heteroatoms. The van der Waals surface area contributed by atoms with Gasteiger partial charge in [0.1, 0.15) is 11.4 Å². The first-order valence-electron chi connectivity index (χ1n) is 12.2. The lowest BCUT2D eigenvalue weighted by atomic mass is 9.79. The second-order valence-electron chi connectivity index (χ2n) is 9.40. The molecule has 2 aromatic carbocycles. The second kappa shape index (κ2) is 11.5. The van der Waals surface area contributed by atoms with Crippen molar-refractivity contribution in [3.8, 4) is 0 Å². The number of nitrogens with zero attached hydrogens (tertiary/aromatic N) is 2. The zero-order valence-corrected chi connectivity index (χ0v) is 21.2. The Labute approximate surface area is 223 Å². The fraction of sp³-hybridized carbons (Fsp3) is 0.321. The number of halogens is 5. The molecule has 3 aromatic rings. The van der Waals surface area contributed by atoms with Crippen molar-refractivity contribution in [3.63, 3.8) is 0 Å². The van der Waals surface area contributed by atoms with Crippen LogP contribution in [0, 0.1) is 5.82 Å². The topological polar surface area (TPSA) is 66.4 Å². The molecule has 0 unspecified atom stereocenters. The van der Waals surface area contributed by atoms with Crippen molar-refractivity contribution in [2.75, 3.05) is 0 Å². The average molecular weight is 547 g/mol. The van der Waals surface area contributed by atoms with Crippen LogP contribution in [0.4, 0.5) is 22.4 Å². The normalized spacial score (nSPS) is 19.3. The summed E-state index contributed by atoms with van der Waals surface area (Å²) in [4.78, 5) is 22.0. The Morgan fingerprint density at radius 3 is 2.42 bits per heavy atom. The smallest absolute Gasteiger partial charge is 0.333 e. The highest BCUT2D eigenvalue weighted by atomic mass is 35.5. The highest BCUT2D eigenvalue weighted by molar-refractivity contribution is 6.30. The minimum absolute atomic E-state index is 0.00948. The summed E-state index contributed by atoms with van der Waals surface area (Å²) in [6.45, 7) is 3.63. The molecule has 2 amide bonds. The molecule has 0 spiro atoms. The van der Waals surface area contributed by atoms with Crippen LogP contribution in [0.2, 0.25) is 5.02 Å².